The van der Waals surface area contributed by atoms with E-state index in [0.717, 1.165) is 24.2 Å². The summed E-state index contributed by atoms with van der Waals surface area (Å²) in [6, 6.07) is 1.84. The number of nitrogens with one attached hydrogen (secondary N) is 1. The maximum Gasteiger partial charge on any atom is 0.303 e. The number of aliphatic carboxylic acids is 1. The molecule has 0 saturated carbocycles. The van der Waals surface area contributed by atoms with Crippen LogP contribution in [0.4, 0.5) is 0 Å². The van der Waals surface area contributed by atoms with Gasteiger partial charge in [0.05, 0.1) is 30.6 Å². The second-order valence-electron chi connectivity index (χ2n) is 6.45. The highest BCUT2D eigenvalue weighted by Gasteiger charge is 2.23. The number of aromatic amines is 1. The minimum atomic E-state index is -0.944. The first-order valence-corrected chi connectivity index (χ1v) is 8.98. The van der Waals surface area contributed by atoms with Crippen LogP contribution in [0.2, 0.25) is 0 Å². The maximum atomic E-state index is 12.0. The quantitative estimate of drug-likeness (QED) is 0.392. The van der Waals surface area contributed by atoms with E-state index >= 15 is 0 Å². The van der Waals surface area contributed by atoms with Crippen molar-refractivity contribution in [2.45, 2.75) is 32.6 Å². The van der Waals surface area contributed by atoms with Gasteiger partial charge in [-0.2, -0.15) is 5.10 Å². The number of likely N-dealkylation sites (tertiary alicyclic amines) is 1. The number of H-pyrrole nitrogens is 1. The third kappa shape index (κ3) is 6.73. The van der Waals surface area contributed by atoms with Gasteiger partial charge in [-0.3, -0.25) is 19.7 Å². The number of allylic oxidation sites excluding steroid dienone is 1. The Hall–Kier alpha value is -2.90. The van der Waals surface area contributed by atoms with Crippen LogP contribution in [0.15, 0.2) is 41.9 Å². The number of carboxylic acid groups (broad SMARTS) is 1. The van der Waals surface area contributed by atoms with Crippen molar-refractivity contribution < 1.29 is 19.4 Å². The number of carbonyl (C=O) groups excluding carboxylic acids is 1. The summed E-state index contributed by atoms with van der Waals surface area (Å²) in [5, 5.41) is 15.4. The molecule has 146 valence electrons. The van der Waals surface area contributed by atoms with E-state index in [0.29, 0.717) is 31.4 Å². The lowest BCUT2D eigenvalue weighted by atomic mass is 9.97. The normalized spacial score (nSPS) is 16.3. The van der Waals surface area contributed by atoms with Crippen LogP contribution in [0.1, 0.15) is 38.3 Å². The molecule has 8 nitrogen and oxygen atoms in total. The lowest BCUT2D eigenvalue weighted by Gasteiger charge is -2.32. The van der Waals surface area contributed by atoms with E-state index in [-0.39, 0.29) is 18.7 Å². The molecule has 0 bridgehead atoms. The first-order valence-electron chi connectivity index (χ1n) is 8.98. The van der Waals surface area contributed by atoms with Crippen molar-refractivity contribution in [3.05, 3.63) is 42.6 Å². The molecule has 8 heteroatoms. The molecule has 0 unspecified atom stereocenters. The summed E-state index contributed by atoms with van der Waals surface area (Å²) in [5.74, 6) is -0.101. The molecular weight excluding hydrogens is 348 g/mol. The van der Waals surface area contributed by atoms with Crippen molar-refractivity contribution in [1.29, 1.82) is 0 Å². The fourth-order valence-corrected chi connectivity index (χ4v) is 2.77. The van der Waals surface area contributed by atoms with Crippen LogP contribution in [-0.2, 0) is 14.3 Å². The molecule has 0 aliphatic carbocycles. The molecular formula is C19H26N4O4. The van der Waals surface area contributed by atoms with E-state index in [1.165, 1.54) is 0 Å². The van der Waals surface area contributed by atoms with Crippen LogP contribution in [0, 0.1) is 5.92 Å². The Morgan fingerprint density at radius 1 is 1.44 bits per heavy atom. The largest absolute Gasteiger partial charge is 0.492 e. The van der Waals surface area contributed by atoms with Crippen molar-refractivity contribution in [2.24, 2.45) is 10.9 Å². The van der Waals surface area contributed by atoms with E-state index in [1.807, 2.05) is 13.0 Å². The SMILES string of the molecule is C=C/C(=C\N=C(C)c1ccn[nH]1)OCC1CCN(C(=O)CCC(=O)O)CC1. The standard InChI is InChI=1S/C19H26N4O4/c1-3-16(12-20-14(2)17-6-9-21-22-17)27-13-15-7-10-23(11-8-15)18(24)4-5-19(25)26/h3,6,9,12,15H,1,4-5,7-8,10-11,13H2,2H3,(H,21,22)(H,25,26)/b16-12+,20-14?. The molecule has 0 atom stereocenters. The van der Waals surface area contributed by atoms with E-state index in [1.54, 1.807) is 23.4 Å². The predicted molar refractivity (Wildman–Crippen MR) is 101 cm³/mol. The minimum Gasteiger partial charge on any atom is -0.492 e. The molecule has 1 amide bonds. The maximum absolute atomic E-state index is 12.0. The molecule has 27 heavy (non-hydrogen) atoms. The Bertz CT molecular complexity index is 701. The van der Waals surface area contributed by atoms with E-state index in [2.05, 4.69) is 21.8 Å². The average Bonchev–Trinajstić information content (AvgIpc) is 3.21. The van der Waals surface area contributed by atoms with Gasteiger partial charge in [0.25, 0.3) is 0 Å². The number of hydrogen-bond donors (Lipinski definition) is 2. The number of ether oxygens (including phenoxy) is 1. The van der Waals surface area contributed by atoms with E-state index in [9.17, 15) is 9.59 Å². The molecule has 2 N–H and O–H groups in total. The summed E-state index contributed by atoms with van der Waals surface area (Å²) in [7, 11) is 0. The molecule has 1 aromatic heterocycles. The van der Waals surface area contributed by atoms with Gasteiger partial charge in [-0.1, -0.05) is 6.58 Å². The van der Waals surface area contributed by atoms with Gasteiger partial charge in [-0.05, 0) is 37.8 Å². The lowest BCUT2D eigenvalue weighted by molar-refractivity contribution is -0.141. The highest BCUT2D eigenvalue weighted by molar-refractivity contribution is 5.97. The number of piperidine rings is 1. The Morgan fingerprint density at radius 3 is 2.78 bits per heavy atom. The number of aliphatic imine (C=N–C) groups is 1. The highest BCUT2D eigenvalue weighted by Crippen LogP contribution is 2.19. The number of nitrogens with zero attached hydrogens (tertiary/aromatic N) is 3. The first kappa shape index (κ1) is 20.4. The van der Waals surface area contributed by atoms with Gasteiger partial charge in [0, 0.05) is 25.7 Å². The van der Waals surface area contributed by atoms with Crippen LogP contribution in [0.5, 0.6) is 0 Å². The molecule has 1 aliphatic heterocycles. The number of rotatable bonds is 9. The van der Waals surface area contributed by atoms with Gasteiger partial charge in [0.2, 0.25) is 5.91 Å². The van der Waals surface area contributed by atoms with Gasteiger partial charge >= 0.3 is 5.97 Å². The molecule has 2 rings (SSSR count). The van der Waals surface area contributed by atoms with Gasteiger partial charge < -0.3 is 14.7 Å². The Balaban J connectivity index is 1.77. The number of amides is 1. The summed E-state index contributed by atoms with van der Waals surface area (Å²) in [6.07, 6.45) is 6.53. The van der Waals surface area contributed by atoms with Crippen molar-refractivity contribution in [3.63, 3.8) is 0 Å². The summed E-state index contributed by atoms with van der Waals surface area (Å²) in [4.78, 5) is 28.6. The average molecular weight is 374 g/mol. The van der Waals surface area contributed by atoms with Crippen molar-refractivity contribution >= 4 is 17.6 Å². The Morgan fingerprint density at radius 2 is 2.19 bits per heavy atom. The number of hydrogen-bond acceptors (Lipinski definition) is 5. The molecule has 1 aromatic rings. The number of aromatic nitrogens is 2. The zero-order chi connectivity index (χ0) is 19.6. The zero-order valence-electron chi connectivity index (χ0n) is 15.6. The van der Waals surface area contributed by atoms with Gasteiger partial charge in [-0.25, -0.2) is 0 Å². The van der Waals surface area contributed by atoms with Crippen molar-refractivity contribution in [2.75, 3.05) is 19.7 Å². The molecule has 0 spiro atoms. The monoisotopic (exact) mass is 374 g/mol. The third-order valence-electron chi connectivity index (χ3n) is 4.48. The summed E-state index contributed by atoms with van der Waals surface area (Å²) in [5.41, 5.74) is 1.64. The summed E-state index contributed by atoms with van der Waals surface area (Å²) >= 11 is 0. The fraction of sp³-hybridized carbons (Fsp3) is 0.474. The summed E-state index contributed by atoms with van der Waals surface area (Å²) in [6.45, 7) is 7.44. The van der Waals surface area contributed by atoms with Crippen molar-refractivity contribution in [1.82, 2.24) is 15.1 Å². The van der Waals surface area contributed by atoms with Gasteiger partial charge in [0.1, 0.15) is 5.76 Å². The number of carbonyl (C=O) groups is 2. The second-order valence-corrected chi connectivity index (χ2v) is 6.45. The molecule has 1 fully saturated rings. The van der Waals surface area contributed by atoms with Gasteiger partial charge in [0.15, 0.2) is 0 Å². The van der Waals surface area contributed by atoms with Crippen LogP contribution >= 0.6 is 0 Å². The number of carboxylic acids is 1. The first-order chi connectivity index (χ1) is 13.0. The third-order valence-corrected chi connectivity index (χ3v) is 4.48. The minimum absolute atomic E-state index is 0.0630. The molecule has 1 saturated heterocycles. The van der Waals surface area contributed by atoms with E-state index in [4.69, 9.17) is 9.84 Å². The second kappa shape index (κ2) is 10.3. The molecule has 0 radical (unpaired) electrons. The Kier molecular flexibility index (Phi) is 7.79. The smallest absolute Gasteiger partial charge is 0.303 e. The zero-order valence-corrected chi connectivity index (χ0v) is 15.6. The van der Waals surface area contributed by atoms with Crippen molar-refractivity contribution in [3.8, 4) is 0 Å². The predicted octanol–water partition coefficient (Wildman–Crippen LogP) is 2.37. The van der Waals surface area contributed by atoms with Crippen LogP contribution < -0.4 is 0 Å². The van der Waals surface area contributed by atoms with E-state index < -0.39 is 5.97 Å². The highest BCUT2D eigenvalue weighted by atomic mass is 16.5. The summed E-state index contributed by atoms with van der Waals surface area (Å²) < 4.78 is 5.80. The molecule has 0 aromatic carbocycles. The lowest BCUT2D eigenvalue weighted by Crippen LogP contribution is -2.39. The fourth-order valence-electron chi connectivity index (χ4n) is 2.77. The van der Waals surface area contributed by atoms with Gasteiger partial charge in [-0.15, -0.1) is 0 Å². The molecule has 1 aliphatic rings. The Labute approximate surface area is 158 Å². The van der Waals surface area contributed by atoms with Crippen LogP contribution in [-0.4, -0.2) is 57.5 Å². The van der Waals surface area contributed by atoms with Crippen LogP contribution in [0.25, 0.3) is 0 Å². The van der Waals surface area contributed by atoms with Crippen LogP contribution in [0.3, 0.4) is 0 Å². The molecule has 2 heterocycles. The topological polar surface area (TPSA) is 108 Å².